The largest absolute Gasteiger partial charge is 0.321 e. The molecule has 0 aliphatic rings. The van der Waals surface area contributed by atoms with E-state index in [0.717, 1.165) is 23.3 Å². The van der Waals surface area contributed by atoms with Gasteiger partial charge in [0.05, 0.1) is 0 Å². The maximum atomic E-state index is 13.6. The van der Waals surface area contributed by atoms with Gasteiger partial charge in [-0.05, 0) is 31.0 Å². The molecule has 0 aromatic heterocycles. The molecule has 0 radical (unpaired) electrons. The smallest absolute Gasteiger partial charge is 0.224 e. The van der Waals surface area contributed by atoms with Crippen molar-refractivity contribution in [1.29, 1.82) is 0 Å². The molecule has 5 heteroatoms. The van der Waals surface area contributed by atoms with Crippen molar-refractivity contribution in [3.8, 4) is 0 Å². The molecule has 0 saturated heterocycles. The Kier molecular flexibility index (Phi) is 5.07. The highest BCUT2D eigenvalue weighted by Crippen LogP contribution is 2.24. The number of aryl methyl sites for hydroxylation is 2. The van der Waals surface area contributed by atoms with Gasteiger partial charge in [-0.15, -0.1) is 0 Å². The number of carbonyl (C=O) groups excluding carboxylic acids is 1. The Morgan fingerprint density at radius 3 is 2.29 bits per heavy atom. The molecule has 0 spiro atoms. The van der Waals surface area contributed by atoms with E-state index >= 15 is 0 Å². The highest BCUT2D eigenvalue weighted by atomic mass is 79.9. The second-order valence-electron chi connectivity index (χ2n) is 4.78. The van der Waals surface area contributed by atoms with E-state index in [1.165, 1.54) is 0 Å². The number of anilines is 1. The summed E-state index contributed by atoms with van der Waals surface area (Å²) in [5.74, 6) is -2.02. The zero-order valence-electron chi connectivity index (χ0n) is 11.4. The molecule has 2 rings (SSSR count). The number of carbonyl (C=O) groups is 1. The molecule has 0 saturated carbocycles. The normalized spacial score (nSPS) is 10.5. The van der Waals surface area contributed by atoms with E-state index in [9.17, 15) is 13.6 Å². The zero-order chi connectivity index (χ0) is 15.4. The van der Waals surface area contributed by atoms with Gasteiger partial charge in [0.15, 0.2) is 11.6 Å². The molecule has 0 aliphatic carbocycles. The molecule has 0 heterocycles. The highest BCUT2D eigenvalue weighted by Gasteiger charge is 2.13. The molecular weight excluding hydrogens is 340 g/mol. The van der Waals surface area contributed by atoms with Gasteiger partial charge < -0.3 is 5.32 Å². The van der Waals surface area contributed by atoms with Crippen LogP contribution in [0.25, 0.3) is 0 Å². The lowest BCUT2D eigenvalue weighted by molar-refractivity contribution is -0.116. The third-order valence-electron chi connectivity index (χ3n) is 3.03. The van der Waals surface area contributed by atoms with E-state index < -0.39 is 23.2 Å². The van der Waals surface area contributed by atoms with Crippen molar-refractivity contribution in [3.05, 3.63) is 63.6 Å². The van der Waals surface area contributed by atoms with E-state index in [4.69, 9.17) is 0 Å². The predicted octanol–water partition coefficient (Wildman–Crippen LogP) is 4.61. The second-order valence-corrected chi connectivity index (χ2v) is 5.69. The number of nitrogens with one attached hydrogen (secondary N) is 1. The summed E-state index contributed by atoms with van der Waals surface area (Å²) in [6.07, 6.45) is 0.684. The molecule has 110 valence electrons. The van der Waals surface area contributed by atoms with Gasteiger partial charge in [0.25, 0.3) is 0 Å². The molecule has 0 atom stereocenters. The van der Waals surface area contributed by atoms with Gasteiger partial charge in [-0.2, -0.15) is 0 Å². The van der Waals surface area contributed by atoms with Crippen LogP contribution in [-0.4, -0.2) is 5.91 Å². The van der Waals surface area contributed by atoms with Crippen molar-refractivity contribution >= 4 is 27.5 Å². The van der Waals surface area contributed by atoms with E-state index in [1.807, 2.05) is 31.2 Å². The summed E-state index contributed by atoms with van der Waals surface area (Å²) in [6.45, 7) is 1.98. The maximum Gasteiger partial charge on any atom is 0.224 e. The summed E-state index contributed by atoms with van der Waals surface area (Å²) in [5, 5.41) is 2.28. The lowest BCUT2D eigenvalue weighted by Crippen LogP contribution is -2.14. The van der Waals surface area contributed by atoms with Gasteiger partial charge in [0.2, 0.25) is 5.91 Å². The van der Waals surface area contributed by atoms with Crippen LogP contribution in [0, 0.1) is 18.6 Å². The zero-order valence-corrected chi connectivity index (χ0v) is 13.0. The first-order valence-electron chi connectivity index (χ1n) is 6.45. The summed E-state index contributed by atoms with van der Waals surface area (Å²) >= 11 is 2.99. The lowest BCUT2D eigenvalue weighted by atomic mass is 10.1. The van der Waals surface area contributed by atoms with Crippen LogP contribution in [0.4, 0.5) is 14.5 Å². The van der Waals surface area contributed by atoms with Crippen molar-refractivity contribution in [2.45, 2.75) is 19.8 Å². The van der Waals surface area contributed by atoms with Crippen LogP contribution >= 0.6 is 15.9 Å². The minimum Gasteiger partial charge on any atom is -0.321 e. The fraction of sp³-hybridized carbons (Fsp3) is 0.188. The molecule has 0 aliphatic heterocycles. The third kappa shape index (κ3) is 4.36. The van der Waals surface area contributed by atoms with Crippen LogP contribution < -0.4 is 5.32 Å². The van der Waals surface area contributed by atoms with E-state index in [-0.39, 0.29) is 10.9 Å². The first-order valence-corrected chi connectivity index (χ1v) is 7.25. The van der Waals surface area contributed by atoms with Crippen molar-refractivity contribution in [2.24, 2.45) is 0 Å². The minimum atomic E-state index is -0.800. The summed E-state index contributed by atoms with van der Waals surface area (Å²) in [6, 6.07) is 10.0. The van der Waals surface area contributed by atoms with Crippen LogP contribution in [-0.2, 0) is 11.2 Å². The Balaban J connectivity index is 1.97. The number of benzene rings is 2. The predicted molar refractivity (Wildman–Crippen MR) is 82.2 cm³/mol. The van der Waals surface area contributed by atoms with Gasteiger partial charge >= 0.3 is 0 Å². The summed E-state index contributed by atoms with van der Waals surface area (Å²) in [4.78, 5) is 11.8. The Morgan fingerprint density at radius 2 is 1.71 bits per heavy atom. The lowest BCUT2D eigenvalue weighted by Gasteiger charge is -2.08. The van der Waals surface area contributed by atoms with Crippen LogP contribution in [0.1, 0.15) is 17.5 Å². The number of halogens is 3. The molecule has 1 N–H and O–H groups in total. The first-order chi connectivity index (χ1) is 9.95. The number of hydrogen-bond acceptors (Lipinski definition) is 1. The molecule has 0 fully saturated rings. The number of hydrogen-bond donors (Lipinski definition) is 1. The molecule has 21 heavy (non-hydrogen) atoms. The monoisotopic (exact) mass is 353 g/mol. The molecular formula is C16H14BrF2NO. The van der Waals surface area contributed by atoms with Crippen LogP contribution in [0.3, 0.4) is 0 Å². The van der Waals surface area contributed by atoms with Crippen molar-refractivity contribution in [3.63, 3.8) is 0 Å². The minimum absolute atomic E-state index is 0.165. The van der Waals surface area contributed by atoms with Crippen LogP contribution in [0.5, 0.6) is 0 Å². The topological polar surface area (TPSA) is 29.1 Å². The molecule has 0 unspecified atom stereocenters. The first kappa shape index (κ1) is 15.6. The third-order valence-corrected chi connectivity index (χ3v) is 3.49. The van der Waals surface area contributed by atoms with Crippen molar-refractivity contribution in [1.82, 2.24) is 0 Å². The van der Waals surface area contributed by atoms with Crippen molar-refractivity contribution < 1.29 is 13.6 Å². The van der Waals surface area contributed by atoms with Gasteiger partial charge in [-0.3, -0.25) is 4.79 Å². The molecule has 2 nitrogen and oxygen atoms in total. The van der Waals surface area contributed by atoms with Gasteiger partial charge in [0.1, 0.15) is 5.69 Å². The van der Waals surface area contributed by atoms with Gasteiger partial charge in [-0.1, -0.05) is 45.8 Å². The van der Waals surface area contributed by atoms with Crippen LogP contribution in [0.2, 0.25) is 0 Å². The molecule has 2 aromatic rings. The Bertz CT molecular complexity index is 633. The second kappa shape index (κ2) is 6.80. The molecule has 1 amide bonds. The quantitative estimate of drug-likeness (QED) is 0.854. The van der Waals surface area contributed by atoms with Crippen molar-refractivity contribution in [2.75, 3.05) is 5.32 Å². The van der Waals surface area contributed by atoms with E-state index in [2.05, 4.69) is 21.2 Å². The summed E-state index contributed by atoms with van der Waals surface area (Å²) in [7, 11) is 0. The standard InChI is InChI=1S/C16H14BrF2NO/c1-10-2-4-11(5-3-10)6-7-15(21)20-16-13(18)8-12(17)9-14(16)19/h2-5,8-9H,6-7H2,1H3,(H,20,21). The number of amides is 1. The average molecular weight is 354 g/mol. The van der Waals surface area contributed by atoms with Crippen LogP contribution in [0.15, 0.2) is 40.9 Å². The Morgan fingerprint density at radius 1 is 1.14 bits per heavy atom. The highest BCUT2D eigenvalue weighted by molar-refractivity contribution is 9.10. The number of rotatable bonds is 4. The van der Waals surface area contributed by atoms with Gasteiger partial charge in [-0.25, -0.2) is 8.78 Å². The molecule has 2 aromatic carbocycles. The SMILES string of the molecule is Cc1ccc(CCC(=O)Nc2c(F)cc(Br)cc2F)cc1. The Hall–Kier alpha value is -1.75. The summed E-state index contributed by atoms with van der Waals surface area (Å²) in [5.41, 5.74) is 1.74. The van der Waals surface area contributed by atoms with E-state index in [1.54, 1.807) is 0 Å². The Labute approximate surface area is 130 Å². The van der Waals surface area contributed by atoms with E-state index in [0.29, 0.717) is 6.42 Å². The maximum absolute atomic E-state index is 13.6. The average Bonchev–Trinajstić information content (AvgIpc) is 2.42. The fourth-order valence-corrected chi connectivity index (χ4v) is 2.28. The molecule has 0 bridgehead atoms. The fourth-order valence-electron chi connectivity index (χ4n) is 1.88. The summed E-state index contributed by atoms with van der Waals surface area (Å²) < 4.78 is 27.5. The van der Waals surface area contributed by atoms with Gasteiger partial charge in [0, 0.05) is 10.9 Å².